The SMILES string of the molecule is O[C@H]1c2cc(OCc3ccc4ccccc4c3)ccc2OC[C@H]1Oc1cccnc1. The molecule has 2 atom stereocenters. The number of rotatable bonds is 5. The third-order valence-corrected chi connectivity index (χ3v) is 5.20. The lowest BCUT2D eigenvalue weighted by atomic mass is 10.0. The van der Waals surface area contributed by atoms with Crippen molar-refractivity contribution in [2.45, 2.75) is 18.8 Å². The summed E-state index contributed by atoms with van der Waals surface area (Å²) in [6.07, 6.45) is 1.95. The van der Waals surface area contributed by atoms with Crippen LogP contribution in [-0.4, -0.2) is 22.8 Å². The van der Waals surface area contributed by atoms with Gasteiger partial charge in [-0.1, -0.05) is 36.4 Å². The molecule has 0 unspecified atom stereocenters. The lowest BCUT2D eigenvalue weighted by Gasteiger charge is -2.30. The van der Waals surface area contributed by atoms with Crippen molar-refractivity contribution in [2.24, 2.45) is 0 Å². The normalized spacial score (nSPS) is 17.8. The predicted molar refractivity (Wildman–Crippen MR) is 114 cm³/mol. The average molecular weight is 399 g/mol. The van der Waals surface area contributed by atoms with Crippen LogP contribution >= 0.6 is 0 Å². The Bertz CT molecular complexity index is 1160. The molecule has 5 heteroatoms. The molecule has 1 aliphatic heterocycles. The largest absolute Gasteiger partial charge is 0.489 e. The van der Waals surface area contributed by atoms with Crippen LogP contribution in [0.3, 0.4) is 0 Å². The Morgan fingerprint density at radius 1 is 0.933 bits per heavy atom. The van der Waals surface area contributed by atoms with Gasteiger partial charge in [-0.05, 0) is 52.7 Å². The first-order valence-electron chi connectivity index (χ1n) is 9.88. The number of benzene rings is 3. The molecule has 5 rings (SSSR count). The smallest absolute Gasteiger partial charge is 0.163 e. The van der Waals surface area contributed by atoms with Crippen LogP contribution in [0.4, 0.5) is 0 Å². The minimum absolute atomic E-state index is 0.264. The van der Waals surface area contributed by atoms with Gasteiger partial charge in [-0.3, -0.25) is 4.98 Å². The first-order chi connectivity index (χ1) is 14.8. The third-order valence-electron chi connectivity index (χ3n) is 5.20. The zero-order valence-corrected chi connectivity index (χ0v) is 16.3. The van der Waals surface area contributed by atoms with Crippen LogP contribution in [0.2, 0.25) is 0 Å². The van der Waals surface area contributed by atoms with Gasteiger partial charge in [0.15, 0.2) is 6.10 Å². The molecule has 0 bridgehead atoms. The van der Waals surface area contributed by atoms with Crippen LogP contribution in [0, 0.1) is 0 Å². The highest BCUT2D eigenvalue weighted by Gasteiger charge is 2.31. The second-order valence-corrected chi connectivity index (χ2v) is 7.27. The predicted octanol–water partition coefficient (Wildman–Crippen LogP) is 4.69. The molecule has 0 saturated heterocycles. The number of aromatic nitrogens is 1. The summed E-state index contributed by atoms with van der Waals surface area (Å²) in [6, 6.07) is 23.6. The summed E-state index contributed by atoms with van der Waals surface area (Å²) in [4.78, 5) is 4.04. The van der Waals surface area contributed by atoms with Gasteiger partial charge < -0.3 is 19.3 Å². The quantitative estimate of drug-likeness (QED) is 0.528. The number of aliphatic hydroxyl groups excluding tert-OH is 1. The van der Waals surface area contributed by atoms with Crippen molar-refractivity contribution in [3.05, 3.63) is 96.3 Å². The van der Waals surface area contributed by atoms with Crippen molar-refractivity contribution in [2.75, 3.05) is 6.61 Å². The Hall–Kier alpha value is -3.57. The Balaban J connectivity index is 1.30. The molecule has 4 aromatic rings. The Kier molecular flexibility index (Phi) is 4.95. The van der Waals surface area contributed by atoms with Gasteiger partial charge >= 0.3 is 0 Å². The molecule has 1 aliphatic rings. The molecule has 2 heterocycles. The van der Waals surface area contributed by atoms with E-state index in [4.69, 9.17) is 14.2 Å². The van der Waals surface area contributed by atoms with Crippen LogP contribution < -0.4 is 14.2 Å². The average Bonchev–Trinajstić information content (AvgIpc) is 2.80. The Labute approximate surface area is 174 Å². The van der Waals surface area contributed by atoms with Gasteiger partial charge in [0, 0.05) is 11.8 Å². The van der Waals surface area contributed by atoms with Gasteiger partial charge in [-0.25, -0.2) is 0 Å². The lowest BCUT2D eigenvalue weighted by molar-refractivity contribution is -0.0106. The van der Waals surface area contributed by atoms with Crippen molar-refractivity contribution in [3.8, 4) is 17.2 Å². The molecule has 1 aromatic heterocycles. The molecule has 0 amide bonds. The molecule has 0 radical (unpaired) electrons. The summed E-state index contributed by atoms with van der Waals surface area (Å²) in [5, 5.41) is 13.2. The summed E-state index contributed by atoms with van der Waals surface area (Å²) in [7, 11) is 0. The molecule has 0 fully saturated rings. The molecule has 1 N–H and O–H groups in total. The highest BCUT2D eigenvalue weighted by Crippen LogP contribution is 2.36. The third kappa shape index (κ3) is 3.80. The summed E-state index contributed by atoms with van der Waals surface area (Å²) >= 11 is 0. The maximum Gasteiger partial charge on any atom is 0.163 e. The Morgan fingerprint density at radius 3 is 2.70 bits per heavy atom. The first-order valence-corrected chi connectivity index (χ1v) is 9.88. The van der Waals surface area contributed by atoms with E-state index in [2.05, 4.69) is 35.3 Å². The van der Waals surface area contributed by atoms with Gasteiger partial charge in [0.1, 0.15) is 36.6 Å². The minimum atomic E-state index is -0.821. The minimum Gasteiger partial charge on any atom is -0.489 e. The maximum atomic E-state index is 10.8. The van der Waals surface area contributed by atoms with Gasteiger partial charge in [0.25, 0.3) is 0 Å². The number of ether oxygens (including phenoxy) is 3. The second kappa shape index (κ2) is 8.05. The highest BCUT2D eigenvalue weighted by molar-refractivity contribution is 5.82. The van der Waals surface area contributed by atoms with Gasteiger partial charge in [-0.2, -0.15) is 0 Å². The standard InChI is InChI=1S/C25H21NO4/c27-25-22-13-20(28-15-17-7-8-18-4-1-2-5-19(18)12-17)9-10-23(22)29-16-24(25)30-21-6-3-11-26-14-21/h1-14,24-25,27H,15-16H2/t24-,25+/m1/s1. The summed E-state index contributed by atoms with van der Waals surface area (Å²) < 4.78 is 17.6. The molecule has 150 valence electrons. The number of hydrogen-bond acceptors (Lipinski definition) is 5. The van der Waals surface area contributed by atoms with Crippen molar-refractivity contribution in [1.29, 1.82) is 0 Å². The van der Waals surface area contributed by atoms with Crippen molar-refractivity contribution >= 4 is 10.8 Å². The van der Waals surface area contributed by atoms with E-state index in [1.807, 2.05) is 30.3 Å². The molecule has 3 aromatic carbocycles. The maximum absolute atomic E-state index is 10.8. The topological polar surface area (TPSA) is 60.8 Å². The van der Waals surface area contributed by atoms with Crippen LogP contribution in [0.5, 0.6) is 17.2 Å². The number of nitrogens with zero attached hydrogens (tertiary/aromatic N) is 1. The fourth-order valence-corrected chi connectivity index (χ4v) is 3.63. The number of fused-ring (bicyclic) bond motifs is 2. The van der Waals surface area contributed by atoms with E-state index in [-0.39, 0.29) is 6.61 Å². The molecule has 0 saturated carbocycles. The van der Waals surface area contributed by atoms with Crippen molar-refractivity contribution in [1.82, 2.24) is 4.98 Å². The molecule has 0 spiro atoms. The second-order valence-electron chi connectivity index (χ2n) is 7.27. The van der Waals surface area contributed by atoms with E-state index < -0.39 is 12.2 Å². The zero-order chi connectivity index (χ0) is 20.3. The number of pyridine rings is 1. The van der Waals surface area contributed by atoms with Crippen molar-refractivity contribution in [3.63, 3.8) is 0 Å². The summed E-state index contributed by atoms with van der Waals surface area (Å²) in [5.41, 5.74) is 1.74. The van der Waals surface area contributed by atoms with Crippen molar-refractivity contribution < 1.29 is 19.3 Å². The molecular weight excluding hydrogens is 378 g/mol. The molecule has 30 heavy (non-hydrogen) atoms. The van der Waals surface area contributed by atoms with E-state index in [0.29, 0.717) is 29.4 Å². The number of aliphatic hydroxyl groups is 1. The molecular formula is C25H21NO4. The fourth-order valence-electron chi connectivity index (χ4n) is 3.63. The summed E-state index contributed by atoms with van der Waals surface area (Å²) in [6.45, 7) is 0.705. The molecule has 0 aliphatic carbocycles. The van der Waals surface area contributed by atoms with Gasteiger partial charge in [0.05, 0.1) is 6.20 Å². The number of hydrogen-bond donors (Lipinski definition) is 1. The van der Waals surface area contributed by atoms with Gasteiger partial charge in [-0.15, -0.1) is 0 Å². The first kappa shape index (κ1) is 18.5. The Morgan fingerprint density at radius 2 is 1.83 bits per heavy atom. The van der Waals surface area contributed by atoms with E-state index in [9.17, 15) is 5.11 Å². The van der Waals surface area contributed by atoms with Gasteiger partial charge in [0.2, 0.25) is 0 Å². The van der Waals surface area contributed by atoms with E-state index in [1.165, 1.54) is 10.8 Å². The zero-order valence-electron chi connectivity index (χ0n) is 16.3. The van der Waals surface area contributed by atoms with Crippen LogP contribution in [0.15, 0.2) is 85.2 Å². The monoisotopic (exact) mass is 399 g/mol. The summed E-state index contributed by atoms with van der Waals surface area (Å²) in [5.74, 6) is 1.91. The van der Waals surface area contributed by atoms with Crippen LogP contribution in [0.25, 0.3) is 10.8 Å². The molecule has 5 nitrogen and oxygen atoms in total. The van der Waals surface area contributed by atoms with Crippen LogP contribution in [0.1, 0.15) is 17.2 Å². The van der Waals surface area contributed by atoms with E-state index in [0.717, 1.165) is 5.56 Å². The van der Waals surface area contributed by atoms with E-state index in [1.54, 1.807) is 24.5 Å². The fraction of sp³-hybridized carbons (Fsp3) is 0.160. The van der Waals surface area contributed by atoms with E-state index >= 15 is 0 Å². The lowest BCUT2D eigenvalue weighted by Crippen LogP contribution is -2.35. The van der Waals surface area contributed by atoms with Crippen LogP contribution in [-0.2, 0) is 6.61 Å². The highest BCUT2D eigenvalue weighted by atomic mass is 16.5.